The average Bonchev–Trinajstić information content (AvgIpc) is 2.72. The number of benzene rings is 1. The summed E-state index contributed by atoms with van der Waals surface area (Å²) < 4.78 is 11.4. The van der Waals surface area contributed by atoms with E-state index in [4.69, 9.17) is 14.5 Å². The monoisotopic (exact) mass is 306 g/mol. The van der Waals surface area contributed by atoms with Crippen LogP contribution in [0, 0.1) is 0 Å². The normalized spacial score (nSPS) is 25.0. The highest BCUT2D eigenvalue weighted by Gasteiger charge is 2.26. The fourth-order valence-corrected chi connectivity index (χ4v) is 3.60. The van der Waals surface area contributed by atoms with Gasteiger partial charge in [0.1, 0.15) is 0 Å². The summed E-state index contributed by atoms with van der Waals surface area (Å²) in [4.78, 5) is 4.85. The maximum Gasteiger partial charge on any atom is 0.163 e. The molecule has 2 aliphatic heterocycles. The highest BCUT2D eigenvalue weighted by Crippen LogP contribution is 2.34. The third kappa shape index (κ3) is 3.46. The number of rotatable bonds is 2. The smallest absolute Gasteiger partial charge is 0.163 e. The topological polar surface area (TPSA) is 42.8 Å². The van der Waals surface area contributed by atoms with Gasteiger partial charge in [-0.3, -0.25) is 4.99 Å². The van der Waals surface area contributed by atoms with E-state index in [-0.39, 0.29) is 5.54 Å². The molecule has 0 saturated carbocycles. The highest BCUT2D eigenvalue weighted by molar-refractivity contribution is 8.14. The Labute approximate surface area is 130 Å². The third-order valence-corrected chi connectivity index (χ3v) is 4.89. The summed E-state index contributed by atoms with van der Waals surface area (Å²) in [5.74, 6) is 2.76. The van der Waals surface area contributed by atoms with Crippen molar-refractivity contribution in [3.05, 3.63) is 18.2 Å². The molecule has 1 N–H and O–H groups in total. The van der Waals surface area contributed by atoms with Crippen molar-refractivity contribution in [3.8, 4) is 11.5 Å². The van der Waals surface area contributed by atoms with Crippen LogP contribution in [-0.2, 0) is 0 Å². The Hall–Kier alpha value is -1.36. The molecule has 0 saturated heterocycles. The van der Waals surface area contributed by atoms with Crippen LogP contribution in [0.15, 0.2) is 23.2 Å². The summed E-state index contributed by atoms with van der Waals surface area (Å²) in [6, 6.07) is 5.99. The predicted octanol–water partition coefficient (Wildman–Crippen LogP) is 3.92. The molecule has 5 heteroatoms. The first kappa shape index (κ1) is 14.6. The van der Waals surface area contributed by atoms with E-state index in [9.17, 15) is 0 Å². The molecule has 21 heavy (non-hydrogen) atoms. The van der Waals surface area contributed by atoms with E-state index in [0.29, 0.717) is 6.61 Å². The molecule has 0 bridgehead atoms. The van der Waals surface area contributed by atoms with Crippen molar-refractivity contribution in [3.63, 3.8) is 0 Å². The summed E-state index contributed by atoms with van der Waals surface area (Å²) in [5, 5.41) is 4.42. The van der Waals surface area contributed by atoms with E-state index in [0.717, 1.165) is 54.0 Å². The van der Waals surface area contributed by atoms with Crippen LogP contribution in [0.5, 0.6) is 11.5 Å². The quantitative estimate of drug-likeness (QED) is 0.899. The second kappa shape index (κ2) is 6.18. The van der Waals surface area contributed by atoms with Crippen LogP contribution in [0.25, 0.3) is 0 Å². The zero-order valence-electron chi connectivity index (χ0n) is 12.6. The van der Waals surface area contributed by atoms with Crippen LogP contribution in [-0.4, -0.2) is 29.7 Å². The lowest BCUT2D eigenvalue weighted by Crippen LogP contribution is -2.29. The molecule has 4 nitrogen and oxygen atoms in total. The third-order valence-electron chi connectivity index (χ3n) is 4.01. The molecule has 0 spiro atoms. The lowest BCUT2D eigenvalue weighted by molar-refractivity contribution is 0.297. The minimum atomic E-state index is 0.0683. The summed E-state index contributed by atoms with van der Waals surface area (Å²) in [6.07, 6.45) is 3.13. The Morgan fingerprint density at radius 2 is 2.10 bits per heavy atom. The number of amidine groups is 1. The van der Waals surface area contributed by atoms with E-state index in [1.807, 2.05) is 18.2 Å². The van der Waals surface area contributed by atoms with Gasteiger partial charge in [-0.1, -0.05) is 18.7 Å². The molecule has 2 heterocycles. The van der Waals surface area contributed by atoms with Crippen molar-refractivity contribution in [2.45, 2.75) is 38.6 Å². The van der Waals surface area contributed by atoms with Gasteiger partial charge in [-0.15, -0.1) is 0 Å². The number of nitrogens with one attached hydrogen (secondary N) is 1. The molecule has 0 radical (unpaired) electrons. The Morgan fingerprint density at radius 1 is 1.29 bits per heavy atom. The number of aliphatic imine (C=N–C) groups is 1. The Balaban J connectivity index is 1.77. The van der Waals surface area contributed by atoms with Gasteiger partial charge in [0.2, 0.25) is 0 Å². The van der Waals surface area contributed by atoms with Crippen molar-refractivity contribution < 1.29 is 9.47 Å². The standard InChI is InChI=1S/C16H22N2O2S/c1-3-16(2)7-10-21-15(18-16)17-12-5-6-13-14(11-12)20-9-4-8-19-13/h5-6,11H,3-4,7-10H2,1-2H3,(H,17,18). The van der Waals surface area contributed by atoms with Crippen molar-refractivity contribution in [1.29, 1.82) is 0 Å². The maximum absolute atomic E-state index is 5.73. The SMILES string of the molecule is CCC1(C)CCSC(Nc2ccc3c(c2)OCCCO3)=N1. The van der Waals surface area contributed by atoms with Crippen LogP contribution in [0.2, 0.25) is 0 Å². The molecule has 114 valence electrons. The number of hydrogen-bond donors (Lipinski definition) is 1. The molecule has 1 aromatic rings. The summed E-state index contributed by atoms with van der Waals surface area (Å²) in [6.45, 7) is 5.85. The first-order valence-corrected chi connectivity index (χ1v) is 8.56. The lowest BCUT2D eigenvalue weighted by Gasteiger charge is -2.29. The van der Waals surface area contributed by atoms with E-state index in [1.165, 1.54) is 0 Å². The minimum absolute atomic E-state index is 0.0683. The Bertz CT molecular complexity index is 547. The van der Waals surface area contributed by atoms with Gasteiger partial charge in [-0.05, 0) is 31.9 Å². The number of anilines is 1. The van der Waals surface area contributed by atoms with Gasteiger partial charge in [-0.2, -0.15) is 0 Å². The molecule has 0 fully saturated rings. The molecule has 3 rings (SSSR count). The summed E-state index contributed by atoms with van der Waals surface area (Å²) in [7, 11) is 0. The average molecular weight is 306 g/mol. The van der Waals surface area contributed by atoms with Crippen molar-refractivity contribution >= 4 is 22.6 Å². The number of ether oxygens (including phenoxy) is 2. The van der Waals surface area contributed by atoms with Crippen molar-refractivity contribution in [2.24, 2.45) is 4.99 Å². The molecular formula is C16H22N2O2S. The zero-order valence-corrected chi connectivity index (χ0v) is 13.5. The van der Waals surface area contributed by atoms with Gasteiger partial charge >= 0.3 is 0 Å². The molecular weight excluding hydrogens is 284 g/mol. The van der Waals surface area contributed by atoms with Crippen molar-refractivity contribution in [2.75, 3.05) is 24.3 Å². The van der Waals surface area contributed by atoms with E-state index >= 15 is 0 Å². The summed E-state index contributed by atoms with van der Waals surface area (Å²) in [5.41, 5.74) is 1.07. The van der Waals surface area contributed by atoms with Crippen LogP contribution < -0.4 is 14.8 Å². The van der Waals surface area contributed by atoms with Gasteiger partial charge in [0.15, 0.2) is 16.7 Å². The number of hydrogen-bond acceptors (Lipinski definition) is 5. The molecule has 1 aromatic carbocycles. The number of fused-ring (bicyclic) bond motifs is 1. The van der Waals surface area contributed by atoms with Crippen molar-refractivity contribution in [1.82, 2.24) is 0 Å². The number of thioether (sulfide) groups is 1. The summed E-state index contributed by atoms with van der Waals surface area (Å²) >= 11 is 1.78. The van der Waals surface area contributed by atoms with E-state index in [1.54, 1.807) is 11.8 Å². The van der Waals surface area contributed by atoms with Gasteiger partial charge in [0.25, 0.3) is 0 Å². The fraction of sp³-hybridized carbons (Fsp3) is 0.562. The van der Waals surface area contributed by atoms with Gasteiger partial charge in [-0.25, -0.2) is 0 Å². The maximum atomic E-state index is 5.73. The Kier molecular flexibility index (Phi) is 4.29. The van der Waals surface area contributed by atoms with E-state index < -0.39 is 0 Å². The molecule has 0 amide bonds. The van der Waals surface area contributed by atoms with Crippen LogP contribution in [0.1, 0.15) is 33.1 Å². The van der Waals surface area contributed by atoms with Gasteiger partial charge in [0, 0.05) is 23.9 Å². The predicted molar refractivity (Wildman–Crippen MR) is 88.9 cm³/mol. The second-order valence-electron chi connectivity index (χ2n) is 5.70. The fourth-order valence-electron chi connectivity index (χ4n) is 2.39. The minimum Gasteiger partial charge on any atom is -0.490 e. The largest absolute Gasteiger partial charge is 0.490 e. The first-order chi connectivity index (χ1) is 10.2. The van der Waals surface area contributed by atoms with Crippen LogP contribution >= 0.6 is 11.8 Å². The molecule has 1 atom stereocenters. The molecule has 0 aliphatic carbocycles. The van der Waals surface area contributed by atoms with Gasteiger partial charge in [0.05, 0.1) is 18.8 Å². The van der Waals surface area contributed by atoms with Crippen LogP contribution in [0.4, 0.5) is 5.69 Å². The number of nitrogens with zero attached hydrogens (tertiary/aromatic N) is 1. The molecule has 1 unspecified atom stereocenters. The first-order valence-electron chi connectivity index (χ1n) is 7.58. The highest BCUT2D eigenvalue weighted by atomic mass is 32.2. The molecule has 0 aromatic heterocycles. The van der Waals surface area contributed by atoms with Gasteiger partial charge < -0.3 is 14.8 Å². The molecule has 2 aliphatic rings. The lowest BCUT2D eigenvalue weighted by atomic mass is 9.97. The van der Waals surface area contributed by atoms with E-state index in [2.05, 4.69) is 19.2 Å². The second-order valence-corrected chi connectivity index (χ2v) is 6.79. The van der Waals surface area contributed by atoms with Crippen LogP contribution in [0.3, 0.4) is 0 Å². The Morgan fingerprint density at radius 3 is 2.90 bits per heavy atom. The zero-order chi connectivity index (χ0) is 14.7.